The van der Waals surface area contributed by atoms with E-state index in [2.05, 4.69) is 10.6 Å². The molecule has 0 heterocycles. The number of nitriles is 1. The summed E-state index contributed by atoms with van der Waals surface area (Å²) in [5.74, 6) is -0.627. The van der Waals surface area contributed by atoms with Gasteiger partial charge in [-0.3, -0.25) is 9.59 Å². The summed E-state index contributed by atoms with van der Waals surface area (Å²) in [6.45, 7) is 0. The average molecular weight is 376 g/mol. The molecular formula is C21H14ClN3O2. The largest absolute Gasteiger partial charge is 0.322 e. The predicted octanol–water partition coefficient (Wildman–Crippen LogP) is 4.72. The lowest BCUT2D eigenvalue weighted by molar-refractivity contribution is 0.101. The molecule has 2 N–H and O–H groups in total. The van der Waals surface area contributed by atoms with Crippen LogP contribution in [0.2, 0.25) is 5.02 Å². The number of carbonyl (C=O) groups excluding carboxylic acids is 2. The van der Waals surface area contributed by atoms with E-state index in [4.69, 9.17) is 16.9 Å². The van der Waals surface area contributed by atoms with Crippen LogP contribution in [0.5, 0.6) is 0 Å². The number of nitrogens with zero attached hydrogens (tertiary/aromatic N) is 1. The number of nitrogens with one attached hydrogen (secondary N) is 2. The van der Waals surface area contributed by atoms with E-state index in [1.165, 1.54) is 0 Å². The van der Waals surface area contributed by atoms with E-state index < -0.39 is 0 Å². The van der Waals surface area contributed by atoms with E-state index in [-0.39, 0.29) is 11.8 Å². The zero-order valence-corrected chi connectivity index (χ0v) is 14.8. The van der Waals surface area contributed by atoms with Gasteiger partial charge in [-0.1, -0.05) is 23.7 Å². The fraction of sp³-hybridized carbons (Fsp3) is 0. The molecule has 0 radical (unpaired) electrons. The van der Waals surface area contributed by atoms with Crippen LogP contribution >= 0.6 is 11.6 Å². The fourth-order valence-corrected chi connectivity index (χ4v) is 2.60. The summed E-state index contributed by atoms with van der Waals surface area (Å²) < 4.78 is 0. The van der Waals surface area contributed by atoms with Crippen LogP contribution in [0.4, 0.5) is 11.4 Å². The monoisotopic (exact) mass is 375 g/mol. The third kappa shape index (κ3) is 4.72. The van der Waals surface area contributed by atoms with Crippen LogP contribution in [0, 0.1) is 11.3 Å². The van der Waals surface area contributed by atoms with Crippen molar-refractivity contribution in [1.82, 2.24) is 0 Å². The Hall–Kier alpha value is -3.62. The number of anilines is 2. The smallest absolute Gasteiger partial charge is 0.255 e. The number of rotatable bonds is 4. The second-order valence-electron chi connectivity index (χ2n) is 5.69. The average Bonchev–Trinajstić information content (AvgIpc) is 2.68. The van der Waals surface area contributed by atoms with Crippen molar-refractivity contribution in [3.05, 3.63) is 94.5 Å². The van der Waals surface area contributed by atoms with Crippen molar-refractivity contribution in [3.8, 4) is 6.07 Å². The number of benzene rings is 3. The normalized spacial score (nSPS) is 9.93. The number of halogens is 1. The molecule has 5 nitrogen and oxygen atoms in total. The SMILES string of the molecule is N#Cc1cccc(NC(=O)c2ccc(C(=O)Nc3cccc(Cl)c3)cc2)c1. The Labute approximate surface area is 161 Å². The molecule has 0 bridgehead atoms. The molecule has 0 atom stereocenters. The molecular weight excluding hydrogens is 362 g/mol. The van der Waals surface area contributed by atoms with Crippen molar-refractivity contribution in [2.24, 2.45) is 0 Å². The maximum Gasteiger partial charge on any atom is 0.255 e. The van der Waals surface area contributed by atoms with Gasteiger partial charge in [0.1, 0.15) is 0 Å². The molecule has 0 aliphatic heterocycles. The summed E-state index contributed by atoms with van der Waals surface area (Å²) in [5, 5.41) is 14.9. The second-order valence-corrected chi connectivity index (χ2v) is 6.12. The highest BCUT2D eigenvalue weighted by Gasteiger charge is 2.10. The Morgan fingerprint density at radius 1 is 0.778 bits per heavy atom. The van der Waals surface area contributed by atoms with Crippen molar-refractivity contribution >= 4 is 34.8 Å². The van der Waals surface area contributed by atoms with Crippen molar-refractivity contribution in [3.63, 3.8) is 0 Å². The highest BCUT2D eigenvalue weighted by molar-refractivity contribution is 6.31. The number of carbonyl (C=O) groups is 2. The summed E-state index contributed by atoms with van der Waals surface area (Å²) in [6, 6.07) is 21.8. The Bertz CT molecular complexity index is 1040. The van der Waals surface area contributed by atoms with Gasteiger partial charge in [0.15, 0.2) is 0 Å². The molecule has 3 rings (SSSR count). The summed E-state index contributed by atoms with van der Waals surface area (Å²) in [7, 11) is 0. The minimum absolute atomic E-state index is 0.300. The standard InChI is InChI=1S/C21H14ClN3O2/c22-17-4-2-6-19(12-17)25-21(27)16-9-7-15(8-10-16)20(26)24-18-5-1-3-14(11-18)13-23/h1-12H,(H,24,26)(H,25,27). The van der Waals surface area contributed by atoms with E-state index in [1.54, 1.807) is 72.8 Å². The van der Waals surface area contributed by atoms with Crippen LogP contribution < -0.4 is 10.6 Å². The molecule has 6 heteroatoms. The molecule has 0 fully saturated rings. The van der Waals surface area contributed by atoms with Crippen LogP contribution in [0.25, 0.3) is 0 Å². The van der Waals surface area contributed by atoms with E-state index in [9.17, 15) is 9.59 Å². The lowest BCUT2D eigenvalue weighted by Crippen LogP contribution is -2.14. The van der Waals surface area contributed by atoms with Gasteiger partial charge in [0.25, 0.3) is 11.8 Å². The summed E-state index contributed by atoms with van der Waals surface area (Å²) in [5.41, 5.74) is 2.39. The lowest BCUT2D eigenvalue weighted by Gasteiger charge is -2.08. The topological polar surface area (TPSA) is 82.0 Å². The molecule has 0 unspecified atom stereocenters. The minimum Gasteiger partial charge on any atom is -0.322 e. The van der Waals surface area contributed by atoms with Gasteiger partial charge in [-0.2, -0.15) is 5.26 Å². The van der Waals surface area contributed by atoms with Crippen LogP contribution in [0.3, 0.4) is 0 Å². The molecule has 3 aromatic carbocycles. The molecule has 132 valence electrons. The van der Waals surface area contributed by atoms with Crippen LogP contribution in [-0.2, 0) is 0 Å². The predicted molar refractivity (Wildman–Crippen MR) is 105 cm³/mol. The van der Waals surface area contributed by atoms with Gasteiger partial charge in [-0.25, -0.2) is 0 Å². The summed E-state index contributed by atoms with van der Waals surface area (Å²) in [6.07, 6.45) is 0. The third-order valence-electron chi connectivity index (χ3n) is 3.74. The maximum absolute atomic E-state index is 12.3. The van der Waals surface area contributed by atoms with E-state index in [0.717, 1.165) is 0 Å². The Morgan fingerprint density at radius 2 is 1.30 bits per heavy atom. The van der Waals surface area contributed by atoms with Crippen LogP contribution in [0.15, 0.2) is 72.8 Å². The van der Waals surface area contributed by atoms with Crippen molar-refractivity contribution in [2.45, 2.75) is 0 Å². The molecule has 0 saturated carbocycles. The Balaban J connectivity index is 1.68. The molecule has 2 amide bonds. The zero-order valence-electron chi connectivity index (χ0n) is 14.1. The Morgan fingerprint density at radius 3 is 1.81 bits per heavy atom. The Kier molecular flexibility index (Phi) is 5.50. The van der Waals surface area contributed by atoms with Gasteiger partial charge in [-0.05, 0) is 60.7 Å². The van der Waals surface area contributed by atoms with Crippen LogP contribution in [0.1, 0.15) is 26.3 Å². The first-order valence-electron chi connectivity index (χ1n) is 8.03. The minimum atomic E-state index is -0.327. The van der Waals surface area contributed by atoms with Gasteiger partial charge >= 0.3 is 0 Å². The van der Waals surface area contributed by atoms with E-state index in [0.29, 0.717) is 33.1 Å². The highest BCUT2D eigenvalue weighted by Crippen LogP contribution is 2.17. The van der Waals surface area contributed by atoms with E-state index in [1.807, 2.05) is 6.07 Å². The molecule has 27 heavy (non-hydrogen) atoms. The molecule has 0 aliphatic carbocycles. The van der Waals surface area contributed by atoms with Gasteiger partial charge in [0, 0.05) is 27.5 Å². The van der Waals surface area contributed by atoms with Crippen LogP contribution in [-0.4, -0.2) is 11.8 Å². The quantitative estimate of drug-likeness (QED) is 0.692. The summed E-state index contributed by atoms with van der Waals surface area (Å²) >= 11 is 5.90. The zero-order chi connectivity index (χ0) is 19.2. The molecule has 0 spiro atoms. The number of hydrogen-bond donors (Lipinski definition) is 2. The van der Waals surface area contributed by atoms with Gasteiger partial charge in [0.05, 0.1) is 11.6 Å². The molecule has 0 saturated heterocycles. The highest BCUT2D eigenvalue weighted by atomic mass is 35.5. The van der Waals surface area contributed by atoms with Gasteiger partial charge in [0.2, 0.25) is 0 Å². The third-order valence-corrected chi connectivity index (χ3v) is 3.98. The van der Waals surface area contributed by atoms with Crippen molar-refractivity contribution < 1.29 is 9.59 Å². The first kappa shape index (κ1) is 18.2. The maximum atomic E-state index is 12.3. The first-order chi connectivity index (χ1) is 13.0. The lowest BCUT2D eigenvalue weighted by atomic mass is 10.1. The molecule has 0 aromatic heterocycles. The summed E-state index contributed by atoms with van der Waals surface area (Å²) in [4.78, 5) is 24.6. The van der Waals surface area contributed by atoms with Crippen molar-refractivity contribution in [2.75, 3.05) is 10.6 Å². The van der Waals surface area contributed by atoms with Gasteiger partial charge in [-0.15, -0.1) is 0 Å². The second kappa shape index (κ2) is 8.17. The number of hydrogen-bond acceptors (Lipinski definition) is 3. The number of amides is 2. The fourth-order valence-electron chi connectivity index (χ4n) is 2.41. The molecule has 0 aliphatic rings. The molecule has 3 aromatic rings. The van der Waals surface area contributed by atoms with E-state index >= 15 is 0 Å². The first-order valence-corrected chi connectivity index (χ1v) is 8.41. The van der Waals surface area contributed by atoms with Gasteiger partial charge < -0.3 is 10.6 Å². The van der Waals surface area contributed by atoms with Crippen molar-refractivity contribution in [1.29, 1.82) is 5.26 Å².